The molecule has 2 aliphatic heterocycles. The monoisotopic (exact) mass is 469 g/mol. The van der Waals surface area contributed by atoms with Gasteiger partial charge in [-0.05, 0) is 48.9 Å². The highest BCUT2D eigenvalue weighted by Gasteiger charge is 2.59. The molecule has 3 aliphatic rings. The maximum Gasteiger partial charge on any atom is 0.257 e. The number of piperazine rings is 1. The molecule has 6 rings (SSSR count). The Labute approximate surface area is 205 Å². The fourth-order valence-corrected chi connectivity index (χ4v) is 5.79. The Morgan fingerprint density at radius 3 is 2.06 bits per heavy atom. The molecule has 3 heterocycles. The summed E-state index contributed by atoms with van der Waals surface area (Å²) in [6.07, 6.45) is 6.25. The highest BCUT2D eigenvalue weighted by molar-refractivity contribution is 5.94. The molecule has 1 spiro atoms. The Balaban J connectivity index is 1.02. The van der Waals surface area contributed by atoms with Gasteiger partial charge in [0.2, 0.25) is 5.91 Å². The zero-order chi connectivity index (χ0) is 23.8. The van der Waals surface area contributed by atoms with Crippen molar-refractivity contribution in [1.82, 2.24) is 19.6 Å². The van der Waals surface area contributed by atoms with Crippen LogP contribution in [0.4, 0.5) is 5.69 Å². The van der Waals surface area contributed by atoms with Crippen LogP contribution in [0.2, 0.25) is 0 Å². The Hall–Kier alpha value is -3.61. The van der Waals surface area contributed by atoms with E-state index < -0.39 is 0 Å². The van der Waals surface area contributed by atoms with E-state index in [1.54, 1.807) is 17.1 Å². The number of rotatable bonds is 4. The summed E-state index contributed by atoms with van der Waals surface area (Å²) in [5, 5.41) is 4.37. The molecule has 3 fully saturated rings. The van der Waals surface area contributed by atoms with Gasteiger partial charge in [-0.2, -0.15) is 5.10 Å². The molecular formula is C28H31N5O2. The number of hydrogen-bond donors (Lipinski definition) is 0. The second-order valence-corrected chi connectivity index (χ2v) is 10.1. The molecule has 1 aliphatic carbocycles. The number of carbonyl (C=O) groups excluding carboxylic acids is 2. The van der Waals surface area contributed by atoms with E-state index in [1.165, 1.54) is 5.69 Å². The molecule has 1 aromatic heterocycles. The maximum atomic E-state index is 13.3. The first-order valence-corrected chi connectivity index (χ1v) is 12.6. The fourth-order valence-electron chi connectivity index (χ4n) is 5.79. The predicted octanol–water partition coefficient (Wildman–Crippen LogP) is 3.46. The van der Waals surface area contributed by atoms with Crippen molar-refractivity contribution in [3.05, 3.63) is 78.6 Å². The molecule has 1 atom stereocenters. The van der Waals surface area contributed by atoms with Gasteiger partial charge in [0.1, 0.15) is 0 Å². The Kier molecular flexibility index (Phi) is 5.55. The SMILES string of the molecule is O=C(c1cnn(-c2ccccc2)c1)N1CCC2(CC1)CC2C(=O)N1CCN(c2ccccc2)CC1. The zero-order valence-corrected chi connectivity index (χ0v) is 19.9. The third-order valence-corrected chi connectivity index (χ3v) is 8.10. The van der Waals surface area contributed by atoms with Crippen LogP contribution in [-0.4, -0.2) is 70.7 Å². The fraction of sp³-hybridized carbons (Fsp3) is 0.393. The molecule has 1 unspecified atom stereocenters. The van der Waals surface area contributed by atoms with E-state index in [9.17, 15) is 9.59 Å². The lowest BCUT2D eigenvalue weighted by Gasteiger charge is -2.37. The van der Waals surface area contributed by atoms with Gasteiger partial charge in [0.25, 0.3) is 5.91 Å². The Bertz CT molecular complexity index is 1190. The molecule has 1 saturated carbocycles. The van der Waals surface area contributed by atoms with E-state index >= 15 is 0 Å². The van der Waals surface area contributed by atoms with Crippen LogP contribution < -0.4 is 4.90 Å². The van der Waals surface area contributed by atoms with Gasteiger partial charge in [-0.25, -0.2) is 4.68 Å². The van der Waals surface area contributed by atoms with Crippen LogP contribution in [0.25, 0.3) is 5.69 Å². The molecule has 2 amide bonds. The van der Waals surface area contributed by atoms with Crippen LogP contribution in [0.15, 0.2) is 73.1 Å². The molecule has 2 saturated heterocycles. The van der Waals surface area contributed by atoms with E-state index in [0.29, 0.717) is 24.6 Å². The summed E-state index contributed by atoms with van der Waals surface area (Å²) in [6.45, 7) is 4.76. The molecule has 7 heteroatoms. The zero-order valence-electron chi connectivity index (χ0n) is 19.9. The maximum absolute atomic E-state index is 13.3. The highest BCUT2D eigenvalue weighted by Crippen LogP contribution is 2.60. The van der Waals surface area contributed by atoms with E-state index in [-0.39, 0.29) is 17.2 Å². The van der Waals surface area contributed by atoms with Gasteiger partial charge in [-0.15, -0.1) is 0 Å². The average molecular weight is 470 g/mol. The number of aromatic nitrogens is 2. The summed E-state index contributed by atoms with van der Waals surface area (Å²) in [7, 11) is 0. The quantitative estimate of drug-likeness (QED) is 0.587. The topological polar surface area (TPSA) is 61.7 Å². The molecule has 180 valence electrons. The minimum absolute atomic E-state index is 0.0302. The first-order valence-electron chi connectivity index (χ1n) is 12.6. The number of benzene rings is 2. The average Bonchev–Trinajstić information content (AvgIpc) is 3.38. The van der Waals surface area contributed by atoms with Gasteiger partial charge in [0, 0.05) is 57.1 Å². The van der Waals surface area contributed by atoms with Gasteiger partial charge in [-0.1, -0.05) is 36.4 Å². The number of hydrogen-bond acceptors (Lipinski definition) is 4. The van der Waals surface area contributed by atoms with Gasteiger partial charge < -0.3 is 14.7 Å². The van der Waals surface area contributed by atoms with Crippen molar-refractivity contribution in [2.24, 2.45) is 11.3 Å². The second-order valence-electron chi connectivity index (χ2n) is 10.1. The van der Waals surface area contributed by atoms with Crippen molar-refractivity contribution in [1.29, 1.82) is 0 Å². The number of para-hydroxylation sites is 2. The minimum Gasteiger partial charge on any atom is -0.368 e. The molecule has 2 aromatic carbocycles. The number of piperidine rings is 1. The van der Waals surface area contributed by atoms with Crippen molar-refractivity contribution >= 4 is 17.5 Å². The van der Waals surface area contributed by atoms with Crippen LogP contribution in [0.1, 0.15) is 29.6 Å². The van der Waals surface area contributed by atoms with Crippen LogP contribution in [0.3, 0.4) is 0 Å². The smallest absolute Gasteiger partial charge is 0.257 e. The van der Waals surface area contributed by atoms with E-state index in [0.717, 1.165) is 51.1 Å². The summed E-state index contributed by atoms with van der Waals surface area (Å²) in [4.78, 5) is 32.7. The normalized spacial score (nSPS) is 21.3. The van der Waals surface area contributed by atoms with Crippen molar-refractivity contribution in [3.63, 3.8) is 0 Å². The van der Waals surface area contributed by atoms with E-state index in [2.05, 4.69) is 39.2 Å². The first kappa shape index (κ1) is 21.9. The summed E-state index contributed by atoms with van der Waals surface area (Å²) < 4.78 is 1.74. The summed E-state index contributed by atoms with van der Waals surface area (Å²) in [5.41, 5.74) is 2.88. The standard InChI is InChI=1S/C28H31N5O2/c34-26(22-20-29-33(21-22)24-9-5-2-6-10-24)31-13-11-28(12-14-31)19-25(28)27(35)32-17-15-30(16-18-32)23-7-3-1-4-8-23/h1-10,20-21,25H,11-19H2. The number of anilines is 1. The van der Waals surface area contributed by atoms with Crippen LogP contribution in [-0.2, 0) is 4.79 Å². The van der Waals surface area contributed by atoms with Gasteiger partial charge in [-0.3, -0.25) is 9.59 Å². The molecule has 3 aromatic rings. The predicted molar refractivity (Wildman–Crippen MR) is 134 cm³/mol. The highest BCUT2D eigenvalue weighted by atomic mass is 16.2. The minimum atomic E-state index is 0.0302. The van der Waals surface area contributed by atoms with Gasteiger partial charge in [0.05, 0.1) is 17.4 Å². The summed E-state index contributed by atoms with van der Waals surface area (Å²) in [6, 6.07) is 20.2. The molecule has 0 bridgehead atoms. The van der Waals surface area contributed by atoms with Crippen molar-refractivity contribution in [2.45, 2.75) is 19.3 Å². The molecular weight excluding hydrogens is 438 g/mol. The first-order chi connectivity index (χ1) is 17.1. The Morgan fingerprint density at radius 2 is 1.40 bits per heavy atom. The summed E-state index contributed by atoms with van der Waals surface area (Å²) in [5.74, 6) is 0.480. The summed E-state index contributed by atoms with van der Waals surface area (Å²) >= 11 is 0. The van der Waals surface area contributed by atoms with Gasteiger partial charge in [0.15, 0.2) is 0 Å². The van der Waals surface area contributed by atoms with Crippen LogP contribution in [0, 0.1) is 11.3 Å². The number of amides is 2. The van der Waals surface area contributed by atoms with Crippen molar-refractivity contribution < 1.29 is 9.59 Å². The lowest BCUT2D eigenvalue weighted by molar-refractivity contribution is -0.134. The lowest BCUT2D eigenvalue weighted by atomic mass is 9.90. The number of carbonyl (C=O) groups is 2. The van der Waals surface area contributed by atoms with E-state index in [4.69, 9.17) is 0 Å². The molecule has 7 nitrogen and oxygen atoms in total. The van der Waals surface area contributed by atoms with Gasteiger partial charge >= 0.3 is 0 Å². The van der Waals surface area contributed by atoms with Crippen molar-refractivity contribution in [2.75, 3.05) is 44.2 Å². The van der Waals surface area contributed by atoms with Crippen LogP contribution >= 0.6 is 0 Å². The van der Waals surface area contributed by atoms with Crippen molar-refractivity contribution in [3.8, 4) is 5.69 Å². The van der Waals surface area contributed by atoms with E-state index in [1.807, 2.05) is 41.3 Å². The largest absolute Gasteiger partial charge is 0.368 e. The molecule has 0 radical (unpaired) electrons. The Morgan fingerprint density at radius 1 is 0.771 bits per heavy atom. The molecule has 35 heavy (non-hydrogen) atoms. The van der Waals surface area contributed by atoms with Crippen LogP contribution in [0.5, 0.6) is 0 Å². The third kappa shape index (κ3) is 4.20. The lowest BCUT2D eigenvalue weighted by Crippen LogP contribution is -2.50. The number of likely N-dealkylation sites (tertiary alicyclic amines) is 1. The number of nitrogens with zero attached hydrogens (tertiary/aromatic N) is 5. The third-order valence-electron chi connectivity index (χ3n) is 8.10. The second kappa shape index (κ2) is 8.87. The molecule has 0 N–H and O–H groups in total.